The summed E-state index contributed by atoms with van der Waals surface area (Å²) in [4.78, 5) is 14.2. The van der Waals surface area contributed by atoms with Crippen LogP contribution < -0.4 is 10.2 Å². The molecule has 0 aliphatic carbocycles. The largest absolute Gasteiger partial charge is 0.362 e. The third-order valence-corrected chi connectivity index (χ3v) is 4.07. The molecule has 0 saturated heterocycles. The molecule has 1 amide bonds. The number of nitrogens with one attached hydrogen (secondary N) is 1. The second-order valence-corrected chi connectivity index (χ2v) is 5.82. The molecule has 2 aromatic carbocycles. The predicted molar refractivity (Wildman–Crippen MR) is 87.5 cm³/mol. The Morgan fingerprint density at radius 2 is 2.00 bits per heavy atom. The van der Waals surface area contributed by atoms with E-state index in [1.54, 1.807) is 18.2 Å². The third-order valence-electron chi connectivity index (χ3n) is 3.52. The Kier molecular flexibility index (Phi) is 4.04. The van der Waals surface area contributed by atoms with Gasteiger partial charge >= 0.3 is 0 Å². The number of amides is 1. The topological polar surface area (TPSA) is 32.3 Å². The molecule has 0 unspecified atom stereocenters. The zero-order valence-electron chi connectivity index (χ0n) is 11.3. The lowest BCUT2D eigenvalue weighted by Gasteiger charge is -2.19. The lowest BCUT2D eigenvalue weighted by molar-refractivity contribution is -0.115. The van der Waals surface area contributed by atoms with Crippen LogP contribution in [-0.4, -0.2) is 19.0 Å². The number of fused-ring (bicyclic) bond motifs is 1. The van der Waals surface area contributed by atoms with Gasteiger partial charge < -0.3 is 10.2 Å². The fourth-order valence-corrected chi connectivity index (χ4v) is 2.98. The van der Waals surface area contributed by atoms with Gasteiger partial charge in [-0.15, -0.1) is 0 Å². The number of benzene rings is 2. The van der Waals surface area contributed by atoms with E-state index in [9.17, 15) is 4.79 Å². The second kappa shape index (κ2) is 5.96. The maximum atomic E-state index is 12.2. The predicted octanol–water partition coefficient (Wildman–Crippen LogP) is 3.99. The molecule has 1 aliphatic rings. The Morgan fingerprint density at radius 1 is 1.19 bits per heavy atom. The fourth-order valence-electron chi connectivity index (χ4n) is 2.52. The van der Waals surface area contributed by atoms with Crippen LogP contribution in [0.1, 0.15) is 5.56 Å². The average molecular weight is 321 g/mol. The van der Waals surface area contributed by atoms with Crippen molar-refractivity contribution < 1.29 is 4.79 Å². The molecule has 0 bridgehead atoms. The van der Waals surface area contributed by atoms with Crippen molar-refractivity contribution in [3.8, 4) is 0 Å². The molecule has 3 nitrogen and oxygen atoms in total. The SMILES string of the molecule is O=C(CN1CCc2ccccc21)Nc1ccc(Cl)cc1Cl. The third kappa shape index (κ3) is 3.14. The molecule has 0 fully saturated rings. The van der Waals surface area contributed by atoms with Crippen LogP contribution in [-0.2, 0) is 11.2 Å². The van der Waals surface area contributed by atoms with Gasteiger partial charge in [0.1, 0.15) is 0 Å². The summed E-state index contributed by atoms with van der Waals surface area (Å²) in [5.74, 6) is -0.0871. The number of carbonyl (C=O) groups excluding carboxylic acids is 1. The van der Waals surface area contributed by atoms with Crippen LogP contribution in [0.25, 0.3) is 0 Å². The molecule has 0 radical (unpaired) electrons. The van der Waals surface area contributed by atoms with E-state index in [1.165, 1.54) is 5.56 Å². The summed E-state index contributed by atoms with van der Waals surface area (Å²) in [6, 6.07) is 13.2. The summed E-state index contributed by atoms with van der Waals surface area (Å²) in [6.07, 6.45) is 0.977. The first-order valence-corrected chi connectivity index (χ1v) is 7.47. The minimum absolute atomic E-state index is 0.0871. The highest BCUT2D eigenvalue weighted by Crippen LogP contribution is 2.28. The normalized spacial score (nSPS) is 13.1. The zero-order chi connectivity index (χ0) is 14.8. The lowest BCUT2D eigenvalue weighted by atomic mass is 10.2. The van der Waals surface area contributed by atoms with Gasteiger partial charge in [0, 0.05) is 17.3 Å². The summed E-state index contributed by atoms with van der Waals surface area (Å²) < 4.78 is 0. The Hall–Kier alpha value is -1.71. The van der Waals surface area contributed by atoms with Crippen LogP contribution in [0.15, 0.2) is 42.5 Å². The van der Waals surface area contributed by atoms with Crippen molar-refractivity contribution in [3.63, 3.8) is 0 Å². The van der Waals surface area contributed by atoms with E-state index in [2.05, 4.69) is 16.3 Å². The van der Waals surface area contributed by atoms with Crippen LogP contribution in [0.3, 0.4) is 0 Å². The van der Waals surface area contributed by atoms with E-state index in [1.807, 2.05) is 18.2 Å². The lowest BCUT2D eigenvalue weighted by Crippen LogP contribution is -2.31. The molecule has 1 N–H and O–H groups in total. The quantitative estimate of drug-likeness (QED) is 0.927. The Labute approximate surface area is 133 Å². The van der Waals surface area contributed by atoms with Gasteiger partial charge in [-0.2, -0.15) is 0 Å². The Bertz CT molecular complexity index is 688. The minimum atomic E-state index is -0.0871. The number of carbonyl (C=O) groups is 1. The molecule has 0 atom stereocenters. The van der Waals surface area contributed by atoms with Gasteiger partial charge in [0.25, 0.3) is 0 Å². The van der Waals surface area contributed by atoms with Crippen molar-refractivity contribution in [3.05, 3.63) is 58.1 Å². The van der Waals surface area contributed by atoms with Crippen LogP contribution in [0.5, 0.6) is 0 Å². The molecule has 108 valence electrons. The zero-order valence-corrected chi connectivity index (χ0v) is 12.8. The van der Waals surface area contributed by atoms with E-state index in [0.29, 0.717) is 22.3 Å². The molecule has 5 heteroatoms. The van der Waals surface area contributed by atoms with Crippen molar-refractivity contribution in [2.75, 3.05) is 23.3 Å². The summed E-state index contributed by atoms with van der Waals surface area (Å²) in [6.45, 7) is 1.18. The molecule has 0 aromatic heterocycles. The standard InChI is InChI=1S/C16H14Cl2N2O/c17-12-5-6-14(13(18)9-12)19-16(21)10-20-8-7-11-3-1-2-4-15(11)20/h1-6,9H,7-8,10H2,(H,19,21). The van der Waals surface area contributed by atoms with Crippen molar-refractivity contribution in [2.45, 2.75) is 6.42 Å². The van der Waals surface area contributed by atoms with E-state index >= 15 is 0 Å². The highest BCUT2D eigenvalue weighted by atomic mass is 35.5. The number of hydrogen-bond acceptors (Lipinski definition) is 2. The van der Waals surface area contributed by atoms with E-state index < -0.39 is 0 Å². The number of halogens is 2. The number of para-hydroxylation sites is 1. The number of anilines is 2. The van der Waals surface area contributed by atoms with Gasteiger partial charge in [0.15, 0.2) is 0 Å². The molecular weight excluding hydrogens is 307 g/mol. The summed E-state index contributed by atoms with van der Waals surface area (Å²) in [5.41, 5.74) is 3.00. The van der Waals surface area contributed by atoms with Crippen molar-refractivity contribution in [1.29, 1.82) is 0 Å². The smallest absolute Gasteiger partial charge is 0.243 e. The van der Waals surface area contributed by atoms with E-state index in [0.717, 1.165) is 18.7 Å². The summed E-state index contributed by atoms with van der Waals surface area (Å²) in [5, 5.41) is 3.81. The van der Waals surface area contributed by atoms with Gasteiger partial charge in [-0.05, 0) is 36.2 Å². The highest BCUT2D eigenvalue weighted by molar-refractivity contribution is 6.36. The van der Waals surface area contributed by atoms with Crippen molar-refractivity contribution in [2.24, 2.45) is 0 Å². The molecule has 1 aliphatic heterocycles. The maximum absolute atomic E-state index is 12.2. The van der Waals surface area contributed by atoms with E-state index in [4.69, 9.17) is 23.2 Å². The van der Waals surface area contributed by atoms with E-state index in [-0.39, 0.29) is 5.91 Å². The minimum Gasteiger partial charge on any atom is -0.362 e. The van der Waals surface area contributed by atoms with Crippen LogP contribution in [0.4, 0.5) is 11.4 Å². The molecule has 0 saturated carbocycles. The Balaban J connectivity index is 1.68. The Morgan fingerprint density at radius 3 is 2.81 bits per heavy atom. The fraction of sp³-hybridized carbons (Fsp3) is 0.188. The van der Waals surface area contributed by atoms with Gasteiger partial charge in [0.2, 0.25) is 5.91 Å². The van der Waals surface area contributed by atoms with Gasteiger partial charge in [0.05, 0.1) is 17.3 Å². The number of hydrogen-bond donors (Lipinski definition) is 1. The van der Waals surface area contributed by atoms with Crippen LogP contribution in [0.2, 0.25) is 10.0 Å². The number of nitrogens with zero attached hydrogens (tertiary/aromatic N) is 1. The van der Waals surface area contributed by atoms with Gasteiger partial charge in [-0.25, -0.2) is 0 Å². The molecule has 1 heterocycles. The van der Waals surface area contributed by atoms with Crippen molar-refractivity contribution in [1.82, 2.24) is 0 Å². The highest BCUT2D eigenvalue weighted by Gasteiger charge is 2.20. The first-order valence-electron chi connectivity index (χ1n) is 6.71. The summed E-state index contributed by atoms with van der Waals surface area (Å²) >= 11 is 11.9. The van der Waals surface area contributed by atoms with Crippen LogP contribution >= 0.6 is 23.2 Å². The maximum Gasteiger partial charge on any atom is 0.243 e. The molecule has 21 heavy (non-hydrogen) atoms. The van der Waals surface area contributed by atoms with Crippen molar-refractivity contribution >= 4 is 40.5 Å². The van der Waals surface area contributed by atoms with Gasteiger partial charge in [-0.3, -0.25) is 4.79 Å². The number of rotatable bonds is 3. The van der Waals surface area contributed by atoms with Crippen LogP contribution in [0, 0.1) is 0 Å². The molecule has 2 aromatic rings. The first-order chi connectivity index (χ1) is 10.1. The average Bonchev–Trinajstić information content (AvgIpc) is 2.85. The molecule has 0 spiro atoms. The first kappa shape index (κ1) is 14.2. The molecular formula is C16H14Cl2N2O. The molecule has 3 rings (SSSR count). The monoisotopic (exact) mass is 320 g/mol. The van der Waals surface area contributed by atoms with Gasteiger partial charge in [-0.1, -0.05) is 41.4 Å². The second-order valence-electron chi connectivity index (χ2n) is 4.97. The summed E-state index contributed by atoms with van der Waals surface area (Å²) in [7, 11) is 0.